The minimum absolute atomic E-state index is 0.188. The Bertz CT molecular complexity index is 538. The number of fused-ring (bicyclic) bond motifs is 1. The SMILES string of the molecule is CCCNc1ncc(F)c(N2CCN3C(=O)CCC3C2)n1. The fraction of sp³-hybridized carbons (Fsp3) is 0.643. The maximum absolute atomic E-state index is 14.0. The van der Waals surface area contributed by atoms with Crippen LogP contribution in [0.4, 0.5) is 16.2 Å². The summed E-state index contributed by atoms with van der Waals surface area (Å²) in [6.07, 6.45) is 3.63. The van der Waals surface area contributed by atoms with Gasteiger partial charge in [0.25, 0.3) is 0 Å². The monoisotopic (exact) mass is 293 g/mol. The topological polar surface area (TPSA) is 61.4 Å². The quantitative estimate of drug-likeness (QED) is 0.905. The highest BCUT2D eigenvalue weighted by atomic mass is 19.1. The van der Waals surface area contributed by atoms with Gasteiger partial charge < -0.3 is 15.1 Å². The van der Waals surface area contributed by atoms with Crippen molar-refractivity contribution in [1.82, 2.24) is 14.9 Å². The minimum Gasteiger partial charge on any atom is -0.354 e. The fourth-order valence-electron chi connectivity index (χ4n) is 2.96. The molecule has 3 heterocycles. The molecule has 0 aliphatic carbocycles. The first-order chi connectivity index (χ1) is 10.2. The molecule has 3 rings (SSSR count). The van der Waals surface area contributed by atoms with Gasteiger partial charge in [0, 0.05) is 38.6 Å². The van der Waals surface area contributed by atoms with Crippen molar-refractivity contribution in [3.63, 3.8) is 0 Å². The van der Waals surface area contributed by atoms with Crippen LogP contribution in [0.3, 0.4) is 0 Å². The normalized spacial score (nSPS) is 21.6. The predicted molar refractivity (Wildman–Crippen MR) is 77.7 cm³/mol. The van der Waals surface area contributed by atoms with Crippen LogP contribution in [0.25, 0.3) is 0 Å². The second-order valence-electron chi connectivity index (χ2n) is 5.52. The number of anilines is 2. The van der Waals surface area contributed by atoms with Gasteiger partial charge in [0.1, 0.15) is 0 Å². The number of halogens is 1. The van der Waals surface area contributed by atoms with Crippen LogP contribution in [-0.4, -0.2) is 53.0 Å². The molecule has 6 nitrogen and oxygen atoms in total. The van der Waals surface area contributed by atoms with Crippen LogP contribution in [0, 0.1) is 5.82 Å². The molecule has 0 aromatic carbocycles. The van der Waals surface area contributed by atoms with Crippen LogP contribution in [0.2, 0.25) is 0 Å². The molecule has 0 bridgehead atoms. The molecule has 21 heavy (non-hydrogen) atoms. The molecule has 2 fully saturated rings. The van der Waals surface area contributed by atoms with Crippen molar-refractivity contribution < 1.29 is 9.18 Å². The lowest BCUT2D eigenvalue weighted by molar-refractivity contribution is -0.129. The first kappa shape index (κ1) is 14.0. The van der Waals surface area contributed by atoms with E-state index in [4.69, 9.17) is 0 Å². The molecule has 7 heteroatoms. The van der Waals surface area contributed by atoms with E-state index in [0.29, 0.717) is 37.8 Å². The van der Waals surface area contributed by atoms with E-state index in [1.54, 1.807) is 0 Å². The Kier molecular flexibility index (Phi) is 3.90. The summed E-state index contributed by atoms with van der Waals surface area (Å²) in [6, 6.07) is 0.188. The number of carbonyl (C=O) groups excluding carboxylic acids is 1. The van der Waals surface area contributed by atoms with Crippen molar-refractivity contribution in [2.24, 2.45) is 0 Å². The second kappa shape index (κ2) is 5.83. The molecule has 1 atom stereocenters. The Hall–Kier alpha value is -1.92. The third-order valence-corrected chi connectivity index (χ3v) is 4.05. The lowest BCUT2D eigenvalue weighted by Gasteiger charge is -2.38. The van der Waals surface area contributed by atoms with Crippen molar-refractivity contribution in [2.45, 2.75) is 32.2 Å². The van der Waals surface area contributed by atoms with Crippen molar-refractivity contribution in [2.75, 3.05) is 36.4 Å². The average molecular weight is 293 g/mol. The molecule has 1 amide bonds. The molecule has 2 aliphatic heterocycles. The van der Waals surface area contributed by atoms with Gasteiger partial charge in [-0.15, -0.1) is 0 Å². The third-order valence-electron chi connectivity index (χ3n) is 4.05. The molecule has 1 N–H and O–H groups in total. The van der Waals surface area contributed by atoms with Gasteiger partial charge in [-0.25, -0.2) is 9.37 Å². The van der Waals surface area contributed by atoms with Crippen LogP contribution in [0.1, 0.15) is 26.2 Å². The number of aromatic nitrogens is 2. The molecule has 2 saturated heterocycles. The lowest BCUT2D eigenvalue weighted by Crippen LogP contribution is -2.52. The molecule has 0 saturated carbocycles. The number of piperazine rings is 1. The Labute approximate surface area is 123 Å². The number of nitrogens with zero attached hydrogens (tertiary/aromatic N) is 4. The average Bonchev–Trinajstić information content (AvgIpc) is 2.87. The standard InChI is InChI=1S/C14H20FN5O/c1-2-5-16-14-17-8-11(15)13(18-14)19-6-7-20-10(9-19)3-4-12(20)21/h8,10H,2-7,9H2,1H3,(H,16,17,18). The number of hydrogen-bond donors (Lipinski definition) is 1. The largest absolute Gasteiger partial charge is 0.354 e. The summed E-state index contributed by atoms with van der Waals surface area (Å²) >= 11 is 0. The third kappa shape index (κ3) is 2.77. The van der Waals surface area contributed by atoms with Crippen molar-refractivity contribution in [3.05, 3.63) is 12.0 Å². The maximum Gasteiger partial charge on any atom is 0.224 e. The van der Waals surface area contributed by atoms with E-state index < -0.39 is 5.82 Å². The summed E-state index contributed by atoms with van der Waals surface area (Å²) in [5, 5.41) is 3.07. The van der Waals surface area contributed by atoms with Crippen molar-refractivity contribution in [3.8, 4) is 0 Å². The first-order valence-corrected chi connectivity index (χ1v) is 7.50. The van der Waals surface area contributed by atoms with Crippen LogP contribution >= 0.6 is 0 Å². The van der Waals surface area contributed by atoms with Gasteiger partial charge in [0.15, 0.2) is 11.6 Å². The van der Waals surface area contributed by atoms with Gasteiger partial charge in [0.2, 0.25) is 11.9 Å². The predicted octanol–water partition coefficient (Wildman–Crippen LogP) is 1.25. The zero-order valence-electron chi connectivity index (χ0n) is 12.2. The molecular formula is C14H20FN5O. The zero-order valence-corrected chi connectivity index (χ0v) is 12.2. The summed E-state index contributed by atoms with van der Waals surface area (Å²) in [7, 11) is 0. The molecule has 1 unspecified atom stereocenters. The highest BCUT2D eigenvalue weighted by molar-refractivity contribution is 5.79. The van der Waals surface area contributed by atoms with E-state index in [1.165, 1.54) is 6.20 Å². The summed E-state index contributed by atoms with van der Waals surface area (Å²) in [5.74, 6) is 0.601. The van der Waals surface area contributed by atoms with Gasteiger partial charge in [-0.2, -0.15) is 4.98 Å². The van der Waals surface area contributed by atoms with E-state index >= 15 is 0 Å². The smallest absolute Gasteiger partial charge is 0.224 e. The van der Waals surface area contributed by atoms with E-state index in [1.807, 2.05) is 16.7 Å². The molecule has 1 aromatic heterocycles. The van der Waals surface area contributed by atoms with Crippen molar-refractivity contribution in [1.29, 1.82) is 0 Å². The Morgan fingerprint density at radius 3 is 3.14 bits per heavy atom. The molecule has 0 radical (unpaired) electrons. The van der Waals surface area contributed by atoms with Crippen LogP contribution in [-0.2, 0) is 4.79 Å². The van der Waals surface area contributed by atoms with Crippen molar-refractivity contribution >= 4 is 17.7 Å². The molecular weight excluding hydrogens is 273 g/mol. The highest BCUT2D eigenvalue weighted by Crippen LogP contribution is 2.27. The van der Waals surface area contributed by atoms with E-state index in [-0.39, 0.29) is 11.9 Å². The van der Waals surface area contributed by atoms with E-state index in [9.17, 15) is 9.18 Å². The summed E-state index contributed by atoms with van der Waals surface area (Å²) in [5.41, 5.74) is 0. The maximum atomic E-state index is 14.0. The number of carbonyl (C=O) groups is 1. The molecule has 1 aromatic rings. The molecule has 0 spiro atoms. The van der Waals surface area contributed by atoms with Crippen LogP contribution in [0.5, 0.6) is 0 Å². The Morgan fingerprint density at radius 2 is 2.33 bits per heavy atom. The van der Waals surface area contributed by atoms with Gasteiger partial charge in [-0.1, -0.05) is 6.92 Å². The van der Waals surface area contributed by atoms with Gasteiger partial charge >= 0.3 is 0 Å². The van der Waals surface area contributed by atoms with Gasteiger partial charge in [-0.05, 0) is 12.8 Å². The van der Waals surface area contributed by atoms with E-state index in [0.717, 1.165) is 19.4 Å². The molecule has 2 aliphatic rings. The van der Waals surface area contributed by atoms with E-state index in [2.05, 4.69) is 15.3 Å². The number of hydrogen-bond acceptors (Lipinski definition) is 5. The van der Waals surface area contributed by atoms with Gasteiger partial charge in [0.05, 0.1) is 6.20 Å². The zero-order chi connectivity index (χ0) is 14.8. The number of nitrogens with one attached hydrogen (secondary N) is 1. The van der Waals surface area contributed by atoms with Crippen LogP contribution in [0.15, 0.2) is 6.20 Å². The summed E-state index contributed by atoms with van der Waals surface area (Å²) in [6.45, 7) is 4.71. The minimum atomic E-state index is -0.408. The van der Waals surface area contributed by atoms with Gasteiger partial charge in [-0.3, -0.25) is 4.79 Å². The lowest BCUT2D eigenvalue weighted by atomic mass is 10.1. The summed E-state index contributed by atoms with van der Waals surface area (Å²) < 4.78 is 14.0. The summed E-state index contributed by atoms with van der Waals surface area (Å²) in [4.78, 5) is 23.8. The fourth-order valence-corrected chi connectivity index (χ4v) is 2.96. The first-order valence-electron chi connectivity index (χ1n) is 7.50. The Balaban J connectivity index is 1.75. The van der Waals surface area contributed by atoms with Crippen LogP contribution < -0.4 is 10.2 Å². The number of amides is 1. The Morgan fingerprint density at radius 1 is 1.48 bits per heavy atom. The highest BCUT2D eigenvalue weighted by Gasteiger charge is 2.36. The molecule has 114 valence electrons. The number of rotatable bonds is 4. The second-order valence-corrected chi connectivity index (χ2v) is 5.52.